The molecule has 0 aliphatic carbocycles. The van der Waals surface area contributed by atoms with E-state index >= 15 is 0 Å². The molecule has 0 aromatic heterocycles. The molecule has 1 saturated heterocycles. The monoisotopic (exact) mass is 131 g/mol. The maximum atomic E-state index is 8.02. The first kappa shape index (κ1) is 3.97. The van der Waals surface area contributed by atoms with E-state index in [1.807, 2.05) is 20.8 Å². The molecule has 0 spiro atoms. The maximum absolute atomic E-state index is 8.02. The van der Waals surface area contributed by atoms with E-state index in [4.69, 9.17) is 8.85 Å². The number of rotatable bonds is 0. The Hall–Kier alpha value is -0.0400. The molecule has 9 heavy (non-hydrogen) atoms. The highest BCUT2D eigenvalue weighted by Gasteiger charge is 2.27. The van der Waals surface area contributed by atoms with Gasteiger partial charge in [0, 0.05) is 14.5 Å². The van der Waals surface area contributed by atoms with Crippen molar-refractivity contribution in [2.24, 2.45) is 11.3 Å². The van der Waals surface area contributed by atoms with Gasteiger partial charge in [0.25, 0.3) is 0 Å². The van der Waals surface area contributed by atoms with Crippen LogP contribution in [0.5, 0.6) is 0 Å². The van der Waals surface area contributed by atoms with Crippen molar-refractivity contribution in [1.29, 1.82) is 0 Å². The largest absolute Gasteiger partial charge is 0.381 e. The van der Waals surface area contributed by atoms with Crippen LogP contribution in [0.2, 0.25) is 0 Å². The smallest absolute Gasteiger partial charge is 0.0567 e. The highest BCUT2D eigenvalue weighted by atomic mass is 16.5. The Balaban J connectivity index is 2.78. The van der Waals surface area contributed by atoms with Gasteiger partial charge in [0.1, 0.15) is 0 Å². The molecule has 1 aliphatic rings. The quantitative estimate of drug-likeness (QED) is 0.489. The summed E-state index contributed by atoms with van der Waals surface area (Å²) in [5.74, 6) is -0.781. The van der Waals surface area contributed by atoms with Crippen molar-refractivity contribution >= 4 is 0 Å². The molecular formula is C8H16O. The van der Waals surface area contributed by atoms with Gasteiger partial charge < -0.3 is 4.74 Å². The van der Waals surface area contributed by atoms with Crippen LogP contribution in [0, 0.1) is 11.3 Å². The van der Waals surface area contributed by atoms with Gasteiger partial charge in [-0.1, -0.05) is 20.8 Å². The molecule has 0 amide bonds. The van der Waals surface area contributed by atoms with E-state index in [1.165, 1.54) is 0 Å². The first-order valence-electron chi connectivity index (χ1n) is 4.80. The SMILES string of the molecule is [2H]C1([2H])CC([2H])(C(C)(C)C)CO1. The van der Waals surface area contributed by atoms with Crippen molar-refractivity contribution in [3.8, 4) is 0 Å². The molecule has 1 aliphatic heterocycles. The lowest BCUT2D eigenvalue weighted by atomic mass is 9.80. The van der Waals surface area contributed by atoms with Crippen LogP contribution in [0.1, 0.15) is 31.3 Å². The summed E-state index contributed by atoms with van der Waals surface area (Å²) in [5.41, 5.74) is -0.225. The summed E-state index contributed by atoms with van der Waals surface area (Å²) in [4.78, 5) is 0. The molecule has 1 heteroatoms. The van der Waals surface area contributed by atoms with Crippen LogP contribution in [0.4, 0.5) is 0 Å². The van der Waals surface area contributed by atoms with Gasteiger partial charge in [0.15, 0.2) is 0 Å². The van der Waals surface area contributed by atoms with Crippen molar-refractivity contribution in [1.82, 2.24) is 0 Å². The third-order valence-corrected chi connectivity index (χ3v) is 1.69. The lowest BCUT2D eigenvalue weighted by molar-refractivity contribution is 0.152. The van der Waals surface area contributed by atoms with Gasteiger partial charge in [-0.3, -0.25) is 0 Å². The Bertz CT molecular complexity index is 185. The highest BCUT2D eigenvalue weighted by Crippen LogP contribution is 2.31. The van der Waals surface area contributed by atoms with Crippen molar-refractivity contribution in [3.05, 3.63) is 0 Å². The third kappa shape index (κ3) is 1.68. The van der Waals surface area contributed by atoms with Gasteiger partial charge in [-0.25, -0.2) is 0 Å². The van der Waals surface area contributed by atoms with Gasteiger partial charge >= 0.3 is 0 Å². The van der Waals surface area contributed by atoms with Crippen LogP contribution in [-0.2, 0) is 4.74 Å². The predicted octanol–water partition coefficient (Wildman–Crippen LogP) is 2.07. The van der Waals surface area contributed by atoms with Crippen LogP contribution in [0.25, 0.3) is 0 Å². The van der Waals surface area contributed by atoms with Gasteiger partial charge in [0.05, 0.1) is 2.74 Å². The standard InChI is InChI=1S/C8H16O/c1-8(2,3)7-4-5-9-6-7/h7H,4-6H2,1-3H3/i5D2,7D. The summed E-state index contributed by atoms with van der Waals surface area (Å²) in [6.45, 7) is 4.44. The number of hydrogen-bond donors (Lipinski definition) is 0. The van der Waals surface area contributed by atoms with E-state index in [9.17, 15) is 0 Å². The molecular weight excluding hydrogens is 112 g/mol. The van der Waals surface area contributed by atoms with Gasteiger partial charge in [0.2, 0.25) is 0 Å². The molecule has 1 unspecified atom stereocenters. The van der Waals surface area contributed by atoms with Crippen LogP contribution in [0.3, 0.4) is 0 Å². The van der Waals surface area contributed by atoms with Crippen LogP contribution in [-0.4, -0.2) is 13.2 Å². The molecule has 1 nitrogen and oxygen atoms in total. The maximum Gasteiger partial charge on any atom is 0.0567 e. The molecule has 0 N–H and O–H groups in total. The van der Waals surface area contributed by atoms with Crippen LogP contribution < -0.4 is 0 Å². The summed E-state index contributed by atoms with van der Waals surface area (Å²) in [7, 11) is 0. The number of ether oxygens (including phenoxy) is 1. The zero-order valence-corrected chi connectivity index (χ0v) is 6.32. The van der Waals surface area contributed by atoms with Crippen LogP contribution in [0.15, 0.2) is 0 Å². The predicted molar refractivity (Wildman–Crippen MR) is 38.4 cm³/mol. The summed E-state index contributed by atoms with van der Waals surface area (Å²) in [5, 5.41) is 0. The molecule has 54 valence electrons. The fourth-order valence-electron chi connectivity index (χ4n) is 0.809. The zero-order chi connectivity index (χ0) is 9.62. The molecule has 0 radical (unpaired) electrons. The normalized spacial score (nSPS) is 47.7. The van der Waals surface area contributed by atoms with Crippen molar-refractivity contribution in [3.63, 3.8) is 0 Å². The summed E-state index contributed by atoms with van der Waals surface area (Å²) in [6.07, 6.45) is 0.170. The first-order valence-corrected chi connectivity index (χ1v) is 3.30. The molecule has 1 atom stereocenters. The lowest BCUT2D eigenvalue weighted by Crippen LogP contribution is -2.19. The van der Waals surface area contributed by atoms with E-state index in [1.54, 1.807) is 0 Å². The minimum atomic E-state index is -1.60. The van der Waals surface area contributed by atoms with Crippen molar-refractivity contribution in [2.75, 3.05) is 13.2 Å². The van der Waals surface area contributed by atoms with E-state index < -0.39 is 12.5 Å². The Labute approximate surface area is 61.6 Å². The molecule has 1 fully saturated rings. The second-order valence-electron chi connectivity index (χ2n) is 3.46. The fourth-order valence-corrected chi connectivity index (χ4v) is 0.809. The molecule has 0 bridgehead atoms. The second-order valence-corrected chi connectivity index (χ2v) is 3.46. The number of hydrogen-bond acceptors (Lipinski definition) is 1. The van der Waals surface area contributed by atoms with E-state index in [0.717, 1.165) is 0 Å². The van der Waals surface area contributed by atoms with Crippen molar-refractivity contribution < 1.29 is 8.85 Å². The topological polar surface area (TPSA) is 9.23 Å². The van der Waals surface area contributed by atoms with Gasteiger partial charge in [-0.2, -0.15) is 0 Å². The average molecular weight is 131 g/mol. The first-order chi connectivity index (χ1) is 5.16. The van der Waals surface area contributed by atoms with Gasteiger partial charge in [-0.15, -0.1) is 0 Å². The Morgan fingerprint density at radius 1 is 1.67 bits per heavy atom. The Morgan fingerprint density at radius 2 is 2.33 bits per heavy atom. The van der Waals surface area contributed by atoms with Gasteiger partial charge in [-0.05, 0) is 17.7 Å². The minimum absolute atomic E-state index is 0.170. The Morgan fingerprint density at radius 3 is 2.56 bits per heavy atom. The van der Waals surface area contributed by atoms with Crippen molar-refractivity contribution in [2.45, 2.75) is 27.2 Å². The fraction of sp³-hybridized carbons (Fsp3) is 1.00. The molecule has 0 saturated carbocycles. The lowest BCUT2D eigenvalue weighted by Gasteiger charge is -2.24. The van der Waals surface area contributed by atoms with E-state index in [2.05, 4.69) is 0 Å². The average Bonchev–Trinajstić information content (AvgIpc) is 2.05. The molecule has 1 heterocycles. The summed E-state index contributed by atoms with van der Waals surface area (Å²) < 4.78 is 27.6. The zero-order valence-electron chi connectivity index (χ0n) is 9.32. The molecule has 1 rings (SSSR count). The summed E-state index contributed by atoms with van der Waals surface area (Å²) in [6, 6.07) is 0. The van der Waals surface area contributed by atoms with E-state index in [-0.39, 0.29) is 18.4 Å². The second kappa shape index (κ2) is 2.30. The third-order valence-electron chi connectivity index (χ3n) is 1.69. The summed E-state index contributed by atoms with van der Waals surface area (Å²) >= 11 is 0. The van der Waals surface area contributed by atoms with Crippen LogP contribution >= 0.6 is 0 Å². The Kier molecular flexibility index (Phi) is 1.01. The molecule has 0 aromatic carbocycles. The van der Waals surface area contributed by atoms with E-state index in [0.29, 0.717) is 0 Å². The molecule has 0 aromatic rings. The minimum Gasteiger partial charge on any atom is -0.381 e. The highest BCUT2D eigenvalue weighted by molar-refractivity contribution is 4.76.